The number of piperidine rings is 1. The minimum absolute atomic E-state index is 0.0146. The molecule has 2 aliphatic rings. The third kappa shape index (κ3) is 5.22. The Hall–Kier alpha value is -2.60. The molecule has 0 N–H and O–H groups in total. The lowest BCUT2D eigenvalue weighted by molar-refractivity contribution is -0.129. The minimum Gasteiger partial charge on any atom is -0.319 e. The van der Waals surface area contributed by atoms with Crippen LogP contribution in [0.25, 0.3) is 6.08 Å². The summed E-state index contributed by atoms with van der Waals surface area (Å²) in [5.41, 5.74) is 3.02. The van der Waals surface area contributed by atoms with E-state index in [0.29, 0.717) is 15.5 Å². The Kier molecular flexibility index (Phi) is 7.05. The smallest absolute Gasteiger partial charge is 0.261 e. The number of carbonyl (C=O) groups excluding carboxylic acids is 1. The molecule has 3 aromatic rings. The van der Waals surface area contributed by atoms with E-state index in [2.05, 4.69) is 29.2 Å². The number of hydrogen-bond acceptors (Lipinski definition) is 3. The molecule has 0 aliphatic carbocycles. The molecule has 2 fully saturated rings. The van der Waals surface area contributed by atoms with Gasteiger partial charge < -0.3 is 4.90 Å². The highest BCUT2D eigenvalue weighted by atomic mass is 35.5. The van der Waals surface area contributed by atoms with E-state index in [1.165, 1.54) is 29.5 Å². The Morgan fingerprint density at radius 3 is 2.47 bits per heavy atom. The summed E-state index contributed by atoms with van der Waals surface area (Å²) < 4.78 is 13.7. The third-order valence-electron chi connectivity index (χ3n) is 6.42. The predicted octanol–water partition coefficient (Wildman–Crippen LogP) is 6.76. The maximum Gasteiger partial charge on any atom is 0.261 e. The standard InChI is InChI=1S/C28H26ClFN2OS/c29-23-10-5-9-22(18-23)28-32(27(33)26(34-28)17-21-8-4-11-24(30)16-21)25-12-14-31(15-13-25)19-20-6-2-1-3-7-20/h1-11,16-18,25,28H,12-15,19H2/b26-17-. The van der Waals surface area contributed by atoms with Crippen molar-refractivity contribution in [2.24, 2.45) is 0 Å². The minimum atomic E-state index is -0.307. The molecular formula is C28H26ClFN2OS. The Balaban J connectivity index is 1.37. The molecular weight excluding hydrogens is 467 g/mol. The summed E-state index contributed by atoms with van der Waals surface area (Å²) in [5.74, 6) is -0.292. The van der Waals surface area contributed by atoms with E-state index in [-0.39, 0.29) is 23.1 Å². The van der Waals surface area contributed by atoms with Crippen molar-refractivity contribution in [2.45, 2.75) is 30.8 Å². The molecule has 34 heavy (non-hydrogen) atoms. The average molecular weight is 493 g/mol. The molecule has 174 valence electrons. The molecule has 0 spiro atoms. The fourth-order valence-corrected chi connectivity index (χ4v) is 6.26. The fraction of sp³-hybridized carbons (Fsp3) is 0.250. The van der Waals surface area contributed by atoms with Crippen LogP contribution in [0.15, 0.2) is 83.8 Å². The molecule has 1 unspecified atom stereocenters. The molecule has 0 radical (unpaired) electrons. The van der Waals surface area contributed by atoms with Gasteiger partial charge in [0.2, 0.25) is 0 Å². The van der Waals surface area contributed by atoms with Crippen molar-refractivity contribution in [1.82, 2.24) is 9.80 Å². The maximum atomic E-state index is 13.7. The second-order valence-corrected chi connectivity index (χ2v) is 10.4. The highest BCUT2D eigenvalue weighted by Gasteiger charge is 2.42. The van der Waals surface area contributed by atoms with Crippen LogP contribution >= 0.6 is 23.4 Å². The second kappa shape index (κ2) is 10.3. The van der Waals surface area contributed by atoms with Crippen molar-refractivity contribution >= 4 is 35.3 Å². The lowest BCUT2D eigenvalue weighted by Crippen LogP contribution is -2.46. The number of rotatable bonds is 5. The van der Waals surface area contributed by atoms with Gasteiger partial charge in [0, 0.05) is 30.7 Å². The number of likely N-dealkylation sites (tertiary alicyclic amines) is 1. The van der Waals surface area contributed by atoms with Gasteiger partial charge in [-0.3, -0.25) is 9.69 Å². The van der Waals surface area contributed by atoms with E-state index in [9.17, 15) is 9.18 Å². The average Bonchev–Trinajstić information content (AvgIpc) is 3.16. The summed E-state index contributed by atoms with van der Waals surface area (Å²) in [6, 6.07) is 24.8. The van der Waals surface area contributed by atoms with Gasteiger partial charge in [-0.15, -0.1) is 0 Å². The van der Waals surface area contributed by atoms with Crippen LogP contribution in [0, 0.1) is 5.82 Å². The molecule has 3 aromatic carbocycles. The van der Waals surface area contributed by atoms with Crippen LogP contribution in [0.5, 0.6) is 0 Å². The Labute approximate surface area is 209 Å². The van der Waals surface area contributed by atoms with Crippen LogP contribution in [0.1, 0.15) is 34.9 Å². The molecule has 6 heteroatoms. The molecule has 3 nitrogen and oxygen atoms in total. The van der Waals surface area contributed by atoms with E-state index in [1.807, 2.05) is 41.3 Å². The summed E-state index contributed by atoms with van der Waals surface area (Å²) in [4.78, 5) is 18.8. The van der Waals surface area contributed by atoms with E-state index in [4.69, 9.17) is 11.6 Å². The summed E-state index contributed by atoms with van der Waals surface area (Å²) in [5, 5.41) is 0.516. The molecule has 1 amide bonds. The van der Waals surface area contributed by atoms with Gasteiger partial charge >= 0.3 is 0 Å². The SMILES string of the molecule is O=C1/C(=C/c2cccc(F)c2)SC(c2cccc(Cl)c2)N1C1CCN(Cc2ccccc2)CC1. The van der Waals surface area contributed by atoms with E-state index < -0.39 is 0 Å². The molecule has 2 saturated heterocycles. The van der Waals surface area contributed by atoms with Crippen LogP contribution in [0.2, 0.25) is 5.02 Å². The van der Waals surface area contributed by atoms with Crippen molar-refractivity contribution in [2.75, 3.05) is 13.1 Å². The lowest BCUT2D eigenvalue weighted by atomic mass is 10.0. The van der Waals surface area contributed by atoms with Gasteiger partial charge in [-0.25, -0.2) is 4.39 Å². The molecule has 5 rings (SSSR count). The Bertz CT molecular complexity index is 1190. The first-order valence-corrected chi connectivity index (χ1v) is 12.8. The highest BCUT2D eigenvalue weighted by molar-refractivity contribution is 8.04. The normalized spacial score (nSPS) is 20.9. The molecule has 0 bridgehead atoms. The summed E-state index contributed by atoms with van der Waals surface area (Å²) >= 11 is 7.83. The number of thioether (sulfide) groups is 1. The van der Waals surface area contributed by atoms with Crippen LogP contribution in [-0.4, -0.2) is 34.8 Å². The quantitative estimate of drug-likeness (QED) is 0.368. The first-order chi connectivity index (χ1) is 16.6. The van der Waals surface area contributed by atoms with Crippen LogP contribution in [0.3, 0.4) is 0 Å². The molecule has 2 aliphatic heterocycles. The summed E-state index contributed by atoms with van der Waals surface area (Å²) in [6.07, 6.45) is 3.64. The van der Waals surface area contributed by atoms with Crippen molar-refractivity contribution in [1.29, 1.82) is 0 Å². The van der Waals surface area contributed by atoms with Gasteiger partial charge in [-0.05, 0) is 59.9 Å². The van der Waals surface area contributed by atoms with Crippen molar-refractivity contribution in [3.63, 3.8) is 0 Å². The van der Waals surface area contributed by atoms with Crippen LogP contribution < -0.4 is 0 Å². The largest absolute Gasteiger partial charge is 0.319 e. The van der Waals surface area contributed by atoms with Crippen molar-refractivity contribution in [3.05, 3.63) is 111 Å². The van der Waals surface area contributed by atoms with Gasteiger partial charge in [0.1, 0.15) is 11.2 Å². The first kappa shape index (κ1) is 23.2. The number of halogens is 2. The van der Waals surface area contributed by atoms with Gasteiger partial charge in [0.25, 0.3) is 5.91 Å². The zero-order valence-electron chi connectivity index (χ0n) is 18.7. The van der Waals surface area contributed by atoms with Crippen LogP contribution in [0.4, 0.5) is 4.39 Å². The maximum absolute atomic E-state index is 13.7. The van der Waals surface area contributed by atoms with E-state index in [0.717, 1.165) is 38.0 Å². The summed E-state index contributed by atoms with van der Waals surface area (Å²) in [7, 11) is 0. The number of amides is 1. The zero-order valence-corrected chi connectivity index (χ0v) is 20.3. The van der Waals surface area contributed by atoms with Gasteiger partial charge in [0.15, 0.2) is 0 Å². The Morgan fingerprint density at radius 1 is 0.971 bits per heavy atom. The van der Waals surface area contributed by atoms with Gasteiger partial charge in [-0.2, -0.15) is 0 Å². The summed E-state index contributed by atoms with van der Waals surface area (Å²) in [6.45, 7) is 2.82. The monoisotopic (exact) mass is 492 g/mol. The topological polar surface area (TPSA) is 23.6 Å². The number of benzene rings is 3. The second-order valence-electron chi connectivity index (χ2n) is 8.79. The van der Waals surface area contributed by atoms with Gasteiger partial charge in [-0.1, -0.05) is 78.0 Å². The predicted molar refractivity (Wildman–Crippen MR) is 138 cm³/mol. The molecule has 0 aromatic heterocycles. The molecule has 1 atom stereocenters. The zero-order chi connectivity index (χ0) is 23.5. The fourth-order valence-electron chi connectivity index (χ4n) is 4.75. The first-order valence-electron chi connectivity index (χ1n) is 11.6. The van der Waals surface area contributed by atoms with Crippen LogP contribution in [-0.2, 0) is 11.3 Å². The number of nitrogens with zero attached hydrogens (tertiary/aromatic N) is 2. The molecule has 2 heterocycles. The lowest BCUT2D eigenvalue weighted by Gasteiger charge is -2.39. The van der Waals surface area contributed by atoms with Crippen molar-refractivity contribution in [3.8, 4) is 0 Å². The van der Waals surface area contributed by atoms with Gasteiger partial charge in [0.05, 0.1) is 4.91 Å². The van der Waals surface area contributed by atoms with E-state index >= 15 is 0 Å². The third-order valence-corrected chi connectivity index (χ3v) is 7.92. The Morgan fingerprint density at radius 2 is 1.74 bits per heavy atom. The number of hydrogen-bond donors (Lipinski definition) is 0. The number of carbonyl (C=O) groups is 1. The molecule has 0 saturated carbocycles. The highest BCUT2D eigenvalue weighted by Crippen LogP contribution is 2.48. The van der Waals surface area contributed by atoms with Crippen molar-refractivity contribution < 1.29 is 9.18 Å². The van der Waals surface area contributed by atoms with E-state index in [1.54, 1.807) is 12.1 Å².